The zero-order valence-electron chi connectivity index (χ0n) is 17.1. The van der Waals surface area contributed by atoms with Crippen molar-refractivity contribution in [2.24, 2.45) is 0 Å². The van der Waals surface area contributed by atoms with Crippen LogP contribution in [0.15, 0.2) is 36.4 Å². The summed E-state index contributed by atoms with van der Waals surface area (Å²) >= 11 is 0. The highest BCUT2D eigenvalue weighted by Gasteiger charge is 2.38. The smallest absolute Gasteiger partial charge is 0.335 e. The van der Waals surface area contributed by atoms with Crippen molar-refractivity contribution in [3.8, 4) is 0 Å². The van der Waals surface area contributed by atoms with E-state index in [2.05, 4.69) is 15.0 Å². The first-order valence-corrected chi connectivity index (χ1v) is 10.5. The lowest BCUT2D eigenvalue weighted by Gasteiger charge is -2.34. The predicted octanol–water partition coefficient (Wildman–Crippen LogP) is 3.72. The third-order valence-electron chi connectivity index (χ3n) is 5.91. The van der Waals surface area contributed by atoms with Gasteiger partial charge in [-0.15, -0.1) is 0 Å². The van der Waals surface area contributed by atoms with Crippen LogP contribution >= 0.6 is 0 Å². The number of halogens is 4. The Labute approximate surface area is 181 Å². The van der Waals surface area contributed by atoms with Crippen molar-refractivity contribution in [1.29, 1.82) is 0 Å². The van der Waals surface area contributed by atoms with Gasteiger partial charge in [0.2, 0.25) is 0 Å². The maximum absolute atomic E-state index is 13.6. The lowest BCUT2D eigenvalue weighted by Crippen LogP contribution is -2.48. The van der Waals surface area contributed by atoms with Gasteiger partial charge < -0.3 is 4.90 Å². The fourth-order valence-electron chi connectivity index (χ4n) is 4.05. The second kappa shape index (κ2) is 7.84. The number of aromatic nitrogens is 3. The van der Waals surface area contributed by atoms with E-state index in [1.165, 1.54) is 18.2 Å². The summed E-state index contributed by atoms with van der Waals surface area (Å²) in [6, 6.07) is 8.75. The fourth-order valence-corrected chi connectivity index (χ4v) is 4.05. The molecular weight excluding hydrogens is 426 g/mol. The molecule has 3 heterocycles. The molecule has 0 spiro atoms. The van der Waals surface area contributed by atoms with E-state index in [0.717, 1.165) is 29.0 Å². The molecule has 6 nitrogen and oxygen atoms in total. The number of hydrogen-bond donors (Lipinski definition) is 0. The molecule has 5 rings (SSSR count). The molecular formula is C22H21F4N5O. The number of benzene rings is 1. The Morgan fingerprint density at radius 1 is 1.06 bits per heavy atom. The Morgan fingerprint density at radius 2 is 1.81 bits per heavy atom. The van der Waals surface area contributed by atoms with Gasteiger partial charge in [0.05, 0.1) is 0 Å². The average Bonchev–Trinajstić information content (AvgIpc) is 3.51. The van der Waals surface area contributed by atoms with Crippen LogP contribution in [0.4, 0.5) is 17.6 Å². The third-order valence-corrected chi connectivity index (χ3v) is 5.91. The molecule has 1 amide bonds. The number of fused-ring (bicyclic) bond motifs is 1. The maximum atomic E-state index is 13.6. The van der Waals surface area contributed by atoms with Crippen molar-refractivity contribution < 1.29 is 22.4 Å². The second-order valence-electron chi connectivity index (χ2n) is 8.34. The van der Waals surface area contributed by atoms with Gasteiger partial charge in [-0.3, -0.25) is 9.69 Å². The first kappa shape index (κ1) is 20.9. The molecule has 168 valence electrons. The number of alkyl halides is 3. The molecule has 3 aromatic rings. The molecule has 0 radical (unpaired) electrons. The molecule has 0 atom stereocenters. The summed E-state index contributed by atoms with van der Waals surface area (Å²) in [5, 5.41) is 3.96. The lowest BCUT2D eigenvalue weighted by atomic mass is 10.2. The fraction of sp³-hybridized carbons (Fsp3) is 0.409. The van der Waals surface area contributed by atoms with Gasteiger partial charge in [0, 0.05) is 50.4 Å². The monoisotopic (exact) mass is 447 g/mol. The number of carbonyl (C=O) groups is 1. The van der Waals surface area contributed by atoms with Crippen molar-refractivity contribution in [1.82, 2.24) is 24.4 Å². The Morgan fingerprint density at radius 3 is 2.47 bits per heavy atom. The van der Waals surface area contributed by atoms with E-state index < -0.39 is 17.8 Å². The number of amides is 1. The van der Waals surface area contributed by atoms with Crippen LogP contribution in [-0.4, -0.2) is 56.5 Å². The molecule has 0 N–H and O–H groups in total. The topological polar surface area (TPSA) is 53.7 Å². The van der Waals surface area contributed by atoms with E-state index >= 15 is 0 Å². The highest BCUT2D eigenvalue weighted by Crippen LogP contribution is 2.41. The number of hydrogen-bond acceptors (Lipinski definition) is 4. The van der Waals surface area contributed by atoms with Gasteiger partial charge in [0.1, 0.15) is 11.5 Å². The van der Waals surface area contributed by atoms with Gasteiger partial charge in [-0.25, -0.2) is 13.9 Å². The van der Waals surface area contributed by atoms with Gasteiger partial charge in [-0.05, 0) is 36.6 Å². The van der Waals surface area contributed by atoms with Crippen LogP contribution in [0.25, 0.3) is 5.65 Å². The number of piperazine rings is 1. The number of rotatable bonds is 4. The average molecular weight is 447 g/mol. The minimum absolute atomic E-state index is 0.0369. The molecule has 1 saturated heterocycles. The van der Waals surface area contributed by atoms with Gasteiger partial charge in [0.25, 0.3) is 5.91 Å². The highest BCUT2D eigenvalue weighted by atomic mass is 19.4. The van der Waals surface area contributed by atoms with Crippen molar-refractivity contribution >= 4 is 11.6 Å². The van der Waals surface area contributed by atoms with Crippen LogP contribution in [0, 0.1) is 5.82 Å². The van der Waals surface area contributed by atoms with Crippen LogP contribution in [0.3, 0.4) is 0 Å². The minimum atomic E-state index is -4.60. The molecule has 1 aliphatic carbocycles. The largest absolute Gasteiger partial charge is 0.433 e. The molecule has 1 aromatic carbocycles. The van der Waals surface area contributed by atoms with Crippen LogP contribution in [-0.2, 0) is 12.7 Å². The summed E-state index contributed by atoms with van der Waals surface area (Å²) in [7, 11) is 0. The summed E-state index contributed by atoms with van der Waals surface area (Å²) in [6.07, 6.45) is -2.96. The molecule has 2 aromatic heterocycles. The quantitative estimate of drug-likeness (QED) is 0.572. The Bertz CT molecular complexity index is 1160. The standard InChI is InChI=1S/C22H21F4N5O/c23-16-3-1-2-14(10-16)13-29-6-8-30(9-7-29)21(32)18-12-20-27-17(15-4-5-15)11-19(22(24,25)26)31(20)28-18/h1-3,10-12,15H,4-9,13H2. The SMILES string of the molecule is O=C(c1cc2nc(C3CC3)cc(C(F)(F)F)n2n1)N1CCN(Cc2cccc(F)c2)CC1. The van der Waals surface area contributed by atoms with Crippen LogP contribution in [0.2, 0.25) is 0 Å². The Balaban J connectivity index is 1.32. The molecule has 2 fully saturated rings. The molecule has 1 aliphatic heterocycles. The zero-order valence-corrected chi connectivity index (χ0v) is 17.1. The summed E-state index contributed by atoms with van der Waals surface area (Å²) < 4.78 is 54.8. The highest BCUT2D eigenvalue weighted by molar-refractivity contribution is 5.93. The minimum Gasteiger partial charge on any atom is -0.335 e. The first-order chi connectivity index (χ1) is 15.3. The molecule has 0 unspecified atom stereocenters. The van der Waals surface area contributed by atoms with Crippen molar-refractivity contribution in [2.75, 3.05) is 26.2 Å². The van der Waals surface area contributed by atoms with Gasteiger partial charge in [-0.1, -0.05) is 12.1 Å². The Hall–Kier alpha value is -3.01. The summed E-state index contributed by atoms with van der Waals surface area (Å²) in [5.74, 6) is -0.664. The van der Waals surface area contributed by atoms with E-state index in [9.17, 15) is 22.4 Å². The maximum Gasteiger partial charge on any atom is 0.433 e. The second-order valence-corrected chi connectivity index (χ2v) is 8.34. The number of carbonyl (C=O) groups excluding carboxylic acids is 1. The molecule has 32 heavy (non-hydrogen) atoms. The predicted molar refractivity (Wildman–Crippen MR) is 108 cm³/mol. The molecule has 1 saturated carbocycles. The molecule has 0 bridgehead atoms. The van der Waals surface area contributed by atoms with E-state index in [1.54, 1.807) is 11.0 Å². The van der Waals surface area contributed by atoms with Gasteiger partial charge in [0.15, 0.2) is 11.3 Å². The molecule has 10 heteroatoms. The van der Waals surface area contributed by atoms with E-state index in [-0.39, 0.29) is 23.1 Å². The number of nitrogens with zero attached hydrogens (tertiary/aromatic N) is 5. The zero-order chi connectivity index (χ0) is 22.5. The van der Waals surface area contributed by atoms with Crippen molar-refractivity contribution in [3.63, 3.8) is 0 Å². The summed E-state index contributed by atoms with van der Waals surface area (Å²) in [5.41, 5.74) is 0.324. The van der Waals surface area contributed by atoms with Crippen LogP contribution in [0.5, 0.6) is 0 Å². The lowest BCUT2D eigenvalue weighted by molar-refractivity contribution is -0.142. The van der Waals surface area contributed by atoms with Crippen molar-refractivity contribution in [2.45, 2.75) is 31.5 Å². The van der Waals surface area contributed by atoms with Gasteiger partial charge in [-0.2, -0.15) is 18.3 Å². The first-order valence-electron chi connectivity index (χ1n) is 10.5. The summed E-state index contributed by atoms with van der Waals surface area (Å²) in [6.45, 7) is 2.54. The van der Waals surface area contributed by atoms with E-state index in [0.29, 0.717) is 38.4 Å². The third kappa shape index (κ3) is 4.19. The summed E-state index contributed by atoms with van der Waals surface area (Å²) in [4.78, 5) is 20.9. The van der Waals surface area contributed by atoms with Crippen LogP contribution < -0.4 is 0 Å². The van der Waals surface area contributed by atoms with E-state index in [1.807, 2.05) is 6.07 Å². The van der Waals surface area contributed by atoms with Crippen LogP contribution in [0.1, 0.15) is 46.2 Å². The van der Waals surface area contributed by atoms with E-state index in [4.69, 9.17) is 0 Å². The Kier molecular flexibility index (Phi) is 5.11. The molecule has 2 aliphatic rings. The normalized spacial score (nSPS) is 17.8. The van der Waals surface area contributed by atoms with Gasteiger partial charge >= 0.3 is 6.18 Å². The van der Waals surface area contributed by atoms with Crippen molar-refractivity contribution in [3.05, 3.63) is 64.9 Å².